The maximum Gasteiger partial charge on any atom is 0.294 e. The number of Topliss-reactive ketones (excluding diaryl/α,β-unsaturated/α-hetero) is 1. The van der Waals surface area contributed by atoms with Crippen LogP contribution in [0.5, 0.6) is 0 Å². The van der Waals surface area contributed by atoms with Crippen LogP contribution >= 0.6 is 0 Å². The van der Waals surface area contributed by atoms with Crippen LogP contribution in [-0.2, 0) is 16.0 Å². The molecule has 0 bridgehead atoms. The predicted octanol–water partition coefficient (Wildman–Crippen LogP) is 4.69. The standard InChI is InChI=1S/C24H21NO4/c1-16-8-5-6-11-18(16)25-22(20-12-7-15-29-20)21(23(27)24(25)28)19(26)14-13-17-9-3-2-4-10-17/h2-12,15,22,27H,13-14H2,1H3. The minimum absolute atomic E-state index is 0.0872. The first-order valence-corrected chi connectivity index (χ1v) is 9.50. The zero-order chi connectivity index (χ0) is 20.4. The topological polar surface area (TPSA) is 70.8 Å². The molecular weight excluding hydrogens is 366 g/mol. The molecule has 1 aliphatic rings. The number of carbonyl (C=O) groups excluding carboxylic acids is 2. The molecule has 29 heavy (non-hydrogen) atoms. The molecule has 0 aliphatic carbocycles. The van der Waals surface area contributed by atoms with Gasteiger partial charge in [0.2, 0.25) is 0 Å². The van der Waals surface area contributed by atoms with Crippen molar-refractivity contribution in [3.63, 3.8) is 0 Å². The quantitative estimate of drug-likeness (QED) is 0.666. The molecule has 1 atom stereocenters. The lowest BCUT2D eigenvalue weighted by Crippen LogP contribution is -2.31. The summed E-state index contributed by atoms with van der Waals surface area (Å²) in [5.74, 6) is -0.928. The van der Waals surface area contributed by atoms with Gasteiger partial charge in [-0.15, -0.1) is 0 Å². The first-order valence-electron chi connectivity index (χ1n) is 9.50. The second-order valence-electron chi connectivity index (χ2n) is 7.05. The van der Waals surface area contributed by atoms with Crippen LogP contribution in [0.4, 0.5) is 5.69 Å². The summed E-state index contributed by atoms with van der Waals surface area (Å²) in [6, 6.07) is 19.7. The summed E-state index contributed by atoms with van der Waals surface area (Å²) in [5.41, 5.74) is 2.61. The Labute approximate surface area is 168 Å². The third-order valence-corrected chi connectivity index (χ3v) is 5.18. The zero-order valence-electron chi connectivity index (χ0n) is 16.0. The van der Waals surface area contributed by atoms with Crippen LogP contribution in [0.15, 0.2) is 88.7 Å². The molecule has 5 nitrogen and oxygen atoms in total. The number of amides is 1. The van der Waals surface area contributed by atoms with E-state index in [1.54, 1.807) is 18.2 Å². The Bertz CT molecular complexity index is 1070. The molecule has 4 rings (SSSR count). The van der Waals surface area contributed by atoms with Gasteiger partial charge < -0.3 is 9.52 Å². The predicted molar refractivity (Wildman–Crippen MR) is 110 cm³/mol. The van der Waals surface area contributed by atoms with Crippen molar-refractivity contribution in [2.75, 3.05) is 4.90 Å². The normalized spacial score (nSPS) is 16.5. The van der Waals surface area contributed by atoms with Gasteiger partial charge in [-0.3, -0.25) is 14.5 Å². The number of furan rings is 1. The van der Waals surface area contributed by atoms with Gasteiger partial charge in [0.05, 0.1) is 11.8 Å². The molecule has 1 amide bonds. The number of aliphatic hydroxyl groups is 1. The molecule has 2 aromatic carbocycles. The van der Waals surface area contributed by atoms with Gasteiger partial charge in [-0.25, -0.2) is 0 Å². The minimum Gasteiger partial charge on any atom is -0.503 e. The van der Waals surface area contributed by atoms with Crippen molar-refractivity contribution in [2.45, 2.75) is 25.8 Å². The van der Waals surface area contributed by atoms with E-state index in [2.05, 4.69) is 0 Å². The maximum atomic E-state index is 13.1. The fourth-order valence-electron chi connectivity index (χ4n) is 3.73. The summed E-state index contributed by atoms with van der Waals surface area (Å²) < 4.78 is 5.56. The molecule has 146 valence electrons. The molecule has 2 heterocycles. The summed E-state index contributed by atoms with van der Waals surface area (Å²) in [6.45, 7) is 1.88. The van der Waals surface area contributed by atoms with Crippen molar-refractivity contribution >= 4 is 17.4 Å². The van der Waals surface area contributed by atoms with E-state index in [0.717, 1.165) is 11.1 Å². The minimum atomic E-state index is -0.790. The third-order valence-electron chi connectivity index (χ3n) is 5.18. The highest BCUT2D eigenvalue weighted by Gasteiger charge is 2.45. The first kappa shape index (κ1) is 18.7. The SMILES string of the molecule is Cc1ccccc1N1C(=O)C(O)=C(C(=O)CCc2ccccc2)C1c1ccco1. The van der Waals surface area contributed by atoms with Gasteiger partial charge in [-0.2, -0.15) is 0 Å². The molecular formula is C24H21NO4. The highest BCUT2D eigenvalue weighted by atomic mass is 16.3. The summed E-state index contributed by atoms with van der Waals surface area (Å²) in [5, 5.41) is 10.6. The number of anilines is 1. The third kappa shape index (κ3) is 3.47. The van der Waals surface area contributed by atoms with Crippen LogP contribution in [-0.4, -0.2) is 16.8 Å². The van der Waals surface area contributed by atoms with Crippen LogP contribution in [0.2, 0.25) is 0 Å². The van der Waals surface area contributed by atoms with Crippen molar-refractivity contribution in [1.29, 1.82) is 0 Å². The van der Waals surface area contributed by atoms with Crippen LogP contribution in [0.25, 0.3) is 0 Å². The Morgan fingerprint density at radius 1 is 1.03 bits per heavy atom. The summed E-state index contributed by atoms with van der Waals surface area (Å²) in [7, 11) is 0. The smallest absolute Gasteiger partial charge is 0.294 e. The molecule has 1 aliphatic heterocycles. The molecule has 5 heteroatoms. The van der Waals surface area contributed by atoms with E-state index in [1.165, 1.54) is 11.2 Å². The zero-order valence-corrected chi connectivity index (χ0v) is 16.0. The van der Waals surface area contributed by atoms with Gasteiger partial charge in [-0.05, 0) is 42.7 Å². The molecule has 1 N–H and O–H groups in total. The van der Waals surface area contributed by atoms with Gasteiger partial charge in [0.25, 0.3) is 5.91 Å². The summed E-state index contributed by atoms with van der Waals surface area (Å²) >= 11 is 0. The van der Waals surface area contributed by atoms with E-state index in [4.69, 9.17) is 4.42 Å². The van der Waals surface area contributed by atoms with Crippen molar-refractivity contribution in [3.8, 4) is 0 Å². The van der Waals surface area contributed by atoms with E-state index in [9.17, 15) is 14.7 Å². The van der Waals surface area contributed by atoms with Crippen LogP contribution in [0, 0.1) is 6.92 Å². The number of hydrogen-bond acceptors (Lipinski definition) is 4. The highest BCUT2D eigenvalue weighted by Crippen LogP contribution is 2.42. The van der Waals surface area contributed by atoms with E-state index in [1.807, 2.05) is 55.5 Å². The lowest BCUT2D eigenvalue weighted by molar-refractivity contribution is -0.118. The Morgan fingerprint density at radius 3 is 2.45 bits per heavy atom. The van der Waals surface area contributed by atoms with Crippen LogP contribution in [0.3, 0.4) is 0 Å². The number of ketones is 1. The molecule has 1 aromatic heterocycles. The van der Waals surface area contributed by atoms with Gasteiger partial charge >= 0.3 is 0 Å². The second kappa shape index (κ2) is 7.80. The number of rotatable bonds is 6. The largest absolute Gasteiger partial charge is 0.503 e. The van der Waals surface area contributed by atoms with E-state index in [0.29, 0.717) is 17.9 Å². The fraction of sp³-hybridized carbons (Fsp3) is 0.167. The lowest BCUT2D eigenvalue weighted by atomic mass is 9.96. The van der Waals surface area contributed by atoms with Crippen molar-refractivity contribution in [3.05, 3.63) is 101 Å². The molecule has 0 radical (unpaired) electrons. The molecule has 1 unspecified atom stereocenters. The Balaban J connectivity index is 1.70. The number of hydrogen-bond donors (Lipinski definition) is 1. The summed E-state index contributed by atoms with van der Waals surface area (Å²) in [4.78, 5) is 27.5. The van der Waals surface area contributed by atoms with Crippen molar-refractivity contribution < 1.29 is 19.1 Å². The number of benzene rings is 2. The van der Waals surface area contributed by atoms with Crippen molar-refractivity contribution in [1.82, 2.24) is 0 Å². The average molecular weight is 387 g/mol. The van der Waals surface area contributed by atoms with E-state index < -0.39 is 17.7 Å². The second-order valence-corrected chi connectivity index (χ2v) is 7.05. The molecule has 0 fully saturated rings. The van der Waals surface area contributed by atoms with Gasteiger partial charge in [0.15, 0.2) is 11.5 Å². The average Bonchev–Trinajstić information content (AvgIpc) is 3.35. The first-order chi connectivity index (χ1) is 14.1. The summed E-state index contributed by atoms with van der Waals surface area (Å²) in [6.07, 6.45) is 2.21. The van der Waals surface area contributed by atoms with Crippen molar-refractivity contribution in [2.24, 2.45) is 0 Å². The van der Waals surface area contributed by atoms with Gasteiger partial charge in [0, 0.05) is 12.1 Å². The van der Waals surface area contributed by atoms with E-state index in [-0.39, 0.29) is 17.8 Å². The maximum absolute atomic E-state index is 13.1. The molecule has 0 saturated heterocycles. The molecule has 0 saturated carbocycles. The molecule has 3 aromatic rings. The lowest BCUT2D eigenvalue weighted by Gasteiger charge is -2.26. The molecule has 0 spiro atoms. The Hall–Kier alpha value is -3.60. The Morgan fingerprint density at radius 2 is 1.76 bits per heavy atom. The number of para-hydroxylation sites is 1. The van der Waals surface area contributed by atoms with Gasteiger partial charge in [0.1, 0.15) is 11.8 Å². The Kier molecular flexibility index (Phi) is 5.04. The number of carbonyl (C=O) groups is 2. The van der Waals surface area contributed by atoms with Crippen LogP contribution < -0.4 is 4.90 Å². The fourth-order valence-corrected chi connectivity index (χ4v) is 3.73. The number of aliphatic hydroxyl groups excluding tert-OH is 1. The van der Waals surface area contributed by atoms with Crippen LogP contribution in [0.1, 0.15) is 29.3 Å². The van der Waals surface area contributed by atoms with E-state index >= 15 is 0 Å². The monoisotopic (exact) mass is 387 g/mol. The highest BCUT2D eigenvalue weighted by molar-refractivity contribution is 6.16. The van der Waals surface area contributed by atoms with Gasteiger partial charge in [-0.1, -0.05) is 48.5 Å². The number of nitrogens with zero attached hydrogens (tertiary/aromatic N) is 1. The number of aryl methyl sites for hydroxylation is 2.